The Bertz CT molecular complexity index is 964. The molecule has 3 aromatic rings. The van der Waals surface area contributed by atoms with Gasteiger partial charge in [0.25, 0.3) is 5.91 Å². The molecule has 0 saturated carbocycles. The van der Waals surface area contributed by atoms with Gasteiger partial charge in [-0.15, -0.1) is 5.10 Å². The van der Waals surface area contributed by atoms with Crippen LogP contribution in [0.15, 0.2) is 42.5 Å². The van der Waals surface area contributed by atoms with Gasteiger partial charge in [-0.05, 0) is 49.2 Å². The summed E-state index contributed by atoms with van der Waals surface area (Å²) in [4.78, 5) is 24.3. The van der Waals surface area contributed by atoms with Gasteiger partial charge in [-0.3, -0.25) is 9.59 Å². The van der Waals surface area contributed by atoms with Crippen molar-refractivity contribution in [2.75, 3.05) is 11.9 Å². The second-order valence-corrected chi connectivity index (χ2v) is 6.44. The molecule has 2 N–H and O–H groups in total. The minimum Gasteiger partial charge on any atom is -0.352 e. The van der Waals surface area contributed by atoms with E-state index in [-0.39, 0.29) is 24.8 Å². The van der Waals surface area contributed by atoms with E-state index in [1.54, 1.807) is 12.1 Å². The number of rotatable bonds is 7. The molecule has 7 nitrogen and oxygen atoms in total. The lowest BCUT2D eigenvalue weighted by molar-refractivity contribution is -0.116. The SMILES string of the molecule is CCCn1nnc2cc(C(=O)NCCC(=O)Nc3cccc(C)c3)ccc21. The lowest BCUT2D eigenvalue weighted by Crippen LogP contribution is -2.27. The Morgan fingerprint density at radius 3 is 2.78 bits per heavy atom. The predicted octanol–water partition coefficient (Wildman–Crippen LogP) is 2.91. The summed E-state index contributed by atoms with van der Waals surface area (Å²) in [6, 6.07) is 12.9. The molecule has 0 unspecified atom stereocenters. The van der Waals surface area contributed by atoms with Crippen molar-refractivity contribution in [1.29, 1.82) is 0 Å². The highest BCUT2D eigenvalue weighted by Gasteiger charge is 2.10. The van der Waals surface area contributed by atoms with E-state index >= 15 is 0 Å². The number of anilines is 1. The minimum absolute atomic E-state index is 0.140. The molecule has 0 fully saturated rings. The Labute approximate surface area is 157 Å². The molecule has 2 amide bonds. The summed E-state index contributed by atoms with van der Waals surface area (Å²) in [5, 5.41) is 13.8. The van der Waals surface area contributed by atoms with E-state index in [2.05, 4.69) is 27.9 Å². The van der Waals surface area contributed by atoms with Gasteiger partial charge >= 0.3 is 0 Å². The molecule has 0 aliphatic rings. The number of hydrogen-bond donors (Lipinski definition) is 2. The number of aryl methyl sites for hydroxylation is 2. The average molecular weight is 365 g/mol. The van der Waals surface area contributed by atoms with Gasteiger partial charge in [0.1, 0.15) is 5.52 Å². The molecule has 140 valence electrons. The summed E-state index contributed by atoms with van der Waals surface area (Å²) in [6.45, 7) is 5.09. The smallest absolute Gasteiger partial charge is 0.251 e. The number of aromatic nitrogens is 3. The maximum absolute atomic E-state index is 12.3. The summed E-state index contributed by atoms with van der Waals surface area (Å²) < 4.78 is 1.83. The van der Waals surface area contributed by atoms with Crippen molar-refractivity contribution >= 4 is 28.5 Å². The molecule has 0 radical (unpaired) electrons. The topological polar surface area (TPSA) is 88.9 Å². The van der Waals surface area contributed by atoms with E-state index in [4.69, 9.17) is 0 Å². The monoisotopic (exact) mass is 365 g/mol. The Balaban J connectivity index is 1.53. The highest BCUT2D eigenvalue weighted by molar-refractivity contribution is 5.97. The molecular weight excluding hydrogens is 342 g/mol. The zero-order valence-electron chi connectivity index (χ0n) is 15.5. The molecule has 27 heavy (non-hydrogen) atoms. The lowest BCUT2D eigenvalue weighted by Gasteiger charge is -2.07. The molecule has 0 bridgehead atoms. The van der Waals surface area contributed by atoms with Crippen LogP contribution in [-0.2, 0) is 11.3 Å². The Kier molecular flexibility index (Phi) is 5.80. The van der Waals surface area contributed by atoms with E-state index < -0.39 is 0 Å². The minimum atomic E-state index is -0.231. The first-order chi connectivity index (χ1) is 13.1. The third-order valence-electron chi connectivity index (χ3n) is 4.15. The number of carbonyl (C=O) groups excluding carboxylic acids is 2. The first-order valence-electron chi connectivity index (χ1n) is 9.05. The second kappa shape index (κ2) is 8.44. The largest absolute Gasteiger partial charge is 0.352 e. The van der Waals surface area contributed by atoms with Crippen molar-refractivity contribution in [3.63, 3.8) is 0 Å². The van der Waals surface area contributed by atoms with Crippen molar-refractivity contribution in [3.8, 4) is 0 Å². The molecule has 0 atom stereocenters. The Hall–Kier alpha value is -3.22. The number of hydrogen-bond acceptors (Lipinski definition) is 4. The summed E-state index contributed by atoms with van der Waals surface area (Å²) in [5.74, 6) is -0.371. The van der Waals surface area contributed by atoms with E-state index in [1.165, 1.54) is 0 Å². The summed E-state index contributed by atoms with van der Waals surface area (Å²) in [6.07, 6.45) is 1.17. The van der Waals surface area contributed by atoms with Gasteiger partial charge in [0.2, 0.25) is 5.91 Å². The molecule has 0 saturated heterocycles. The van der Waals surface area contributed by atoms with E-state index in [1.807, 2.05) is 41.9 Å². The quantitative estimate of drug-likeness (QED) is 0.674. The molecule has 7 heteroatoms. The zero-order chi connectivity index (χ0) is 19.2. The molecule has 2 aromatic carbocycles. The average Bonchev–Trinajstić information content (AvgIpc) is 3.04. The van der Waals surface area contributed by atoms with Gasteiger partial charge in [0.15, 0.2) is 0 Å². The van der Waals surface area contributed by atoms with E-state index in [0.717, 1.165) is 29.7 Å². The molecule has 1 aromatic heterocycles. The van der Waals surface area contributed by atoms with Crippen LogP contribution in [0.2, 0.25) is 0 Å². The van der Waals surface area contributed by atoms with Crippen LogP contribution in [-0.4, -0.2) is 33.4 Å². The lowest BCUT2D eigenvalue weighted by atomic mass is 10.2. The van der Waals surface area contributed by atoms with Crippen molar-refractivity contribution in [2.24, 2.45) is 0 Å². The second-order valence-electron chi connectivity index (χ2n) is 6.44. The maximum Gasteiger partial charge on any atom is 0.251 e. The Morgan fingerprint density at radius 1 is 1.15 bits per heavy atom. The van der Waals surface area contributed by atoms with Gasteiger partial charge in [0.05, 0.1) is 5.52 Å². The number of nitrogens with one attached hydrogen (secondary N) is 2. The van der Waals surface area contributed by atoms with Crippen LogP contribution in [0.25, 0.3) is 11.0 Å². The summed E-state index contributed by atoms with van der Waals surface area (Å²) in [5.41, 5.74) is 3.93. The molecule has 0 aliphatic carbocycles. The molecule has 0 spiro atoms. The zero-order valence-corrected chi connectivity index (χ0v) is 15.5. The summed E-state index contributed by atoms with van der Waals surface area (Å²) in [7, 11) is 0. The molecule has 0 aliphatic heterocycles. The third kappa shape index (κ3) is 4.69. The molecule has 3 rings (SSSR count). The van der Waals surface area contributed by atoms with Crippen molar-refractivity contribution in [3.05, 3.63) is 53.6 Å². The highest BCUT2D eigenvalue weighted by atomic mass is 16.2. The maximum atomic E-state index is 12.3. The third-order valence-corrected chi connectivity index (χ3v) is 4.15. The number of carbonyl (C=O) groups is 2. The highest BCUT2D eigenvalue weighted by Crippen LogP contribution is 2.14. The predicted molar refractivity (Wildman–Crippen MR) is 105 cm³/mol. The Morgan fingerprint density at radius 2 is 2.00 bits per heavy atom. The van der Waals surface area contributed by atoms with Gasteiger partial charge in [-0.1, -0.05) is 24.3 Å². The van der Waals surface area contributed by atoms with Crippen LogP contribution < -0.4 is 10.6 Å². The van der Waals surface area contributed by atoms with Gasteiger partial charge in [-0.2, -0.15) is 0 Å². The van der Waals surface area contributed by atoms with Crippen LogP contribution in [0.1, 0.15) is 35.7 Å². The fraction of sp³-hybridized carbons (Fsp3) is 0.300. The fourth-order valence-corrected chi connectivity index (χ4v) is 2.83. The van der Waals surface area contributed by atoms with Crippen molar-refractivity contribution in [1.82, 2.24) is 20.3 Å². The van der Waals surface area contributed by atoms with Gasteiger partial charge in [0, 0.05) is 30.8 Å². The van der Waals surface area contributed by atoms with Crippen LogP contribution in [0.4, 0.5) is 5.69 Å². The van der Waals surface area contributed by atoms with E-state index in [0.29, 0.717) is 11.1 Å². The van der Waals surface area contributed by atoms with Crippen LogP contribution in [0.3, 0.4) is 0 Å². The first kappa shape index (κ1) is 18.6. The number of nitrogens with zero attached hydrogens (tertiary/aromatic N) is 3. The van der Waals surface area contributed by atoms with E-state index in [9.17, 15) is 9.59 Å². The number of benzene rings is 2. The van der Waals surface area contributed by atoms with Crippen LogP contribution >= 0.6 is 0 Å². The van der Waals surface area contributed by atoms with Crippen LogP contribution in [0.5, 0.6) is 0 Å². The van der Waals surface area contributed by atoms with Crippen molar-refractivity contribution < 1.29 is 9.59 Å². The number of amides is 2. The fourth-order valence-electron chi connectivity index (χ4n) is 2.83. The van der Waals surface area contributed by atoms with Gasteiger partial charge < -0.3 is 10.6 Å². The van der Waals surface area contributed by atoms with Crippen LogP contribution in [0, 0.1) is 6.92 Å². The van der Waals surface area contributed by atoms with Gasteiger partial charge in [-0.25, -0.2) is 4.68 Å². The number of fused-ring (bicyclic) bond motifs is 1. The molecule has 1 heterocycles. The first-order valence-corrected chi connectivity index (χ1v) is 9.05. The normalized spacial score (nSPS) is 10.7. The molecular formula is C20H23N5O2. The summed E-state index contributed by atoms with van der Waals surface area (Å²) >= 11 is 0. The van der Waals surface area contributed by atoms with Crippen molar-refractivity contribution in [2.45, 2.75) is 33.2 Å². The standard InChI is InChI=1S/C20H23N5O2/c1-3-11-25-18-8-7-15(13-17(18)23-24-25)20(27)21-10-9-19(26)22-16-6-4-5-14(2)12-16/h4-8,12-13H,3,9-11H2,1-2H3,(H,21,27)(H,22,26).